The Balaban J connectivity index is 1.89. The molecule has 0 bridgehead atoms. The fourth-order valence-electron chi connectivity index (χ4n) is 1.99. The summed E-state index contributed by atoms with van der Waals surface area (Å²) >= 11 is 1.87. The number of carbonyl (C=O) groups is 2. The third-order valence-corrected chi connectivity index (χ3v) is 4.11. The summed E-state index contributed by atoms with van der Waals surface area (Å²) in [6.07, 6.45) is 0.534. The second kappa shape index (κ2) is 4.04. The molecule has 1 saturated heterocycles. The van der Waals surface area contributed by atoms with Crippen molar-refractivity contribution in [2.24, 2.45) is 11.8 Å². The zero-order valence-electron chi connectivity index (χ0n) is 8.68. The zero-order chi connectivity index (χ0) is 11.0. The zero-order valence-corrected chi connectivity index (χ0v) is 9.50. The number of carbonyl (C=O) groups excluding carboxylic acids is 1. The first-order valence-corrected chi connectivity index (χ1v) is 6.27. The number of aliphatic carboxylic acids is 1. The molecule has 1 N–H and O–H groups in total. The number of rotatable bonds is 2. The van der Waals surface area contributed by atoms with Crippen molar-refractivity contribution in [3.05, 3.63) is 0 Å². The Hall–Kier alpha value is -0.710. The van der Waals surface area contributed by atoms with E-state index in [1.165, 1.54) is 0 Å². The fourth-order valence-corrected chi connectivity index (χ4v) is 3.01. The van der Waals surface area contributed by atoms with E-state index in [1.54, 1.807) is 0 Å². The van der Waals surface area contributed by atoms with Crippen LogP contribution >= 0.6 is 11.8 Å². The number of hydrogen-bond acceptors (Lipinski definition) is 3. The molecule has 0 spiro atoms. The molecule has 0 aromatic rings. The van der Waals surface area contributed by atoms with Crippen molar-refractivity contribution in [2.45, 2.75) is 18.6 Å². The van der Waals surface area contributed by atoms with Gasteiger partial charge in [-0.15, -0.1) is 0 Å². The van der Waals surface area contributed by atoms with Gasteiger partial charge in [-0.05, 0) is 6.42 Å². The van der Waals surface area contributed by atoms with Crippen molar-refractivity contribution in [3.8, 4) is 0 Å². The maximum absolute atomic E-state index is 11.9. The molecule has 1 unspecified atom stereocenters. The van der Waals surface area contributed by atoms with Gasteiger partial charge in [-0.3, -0.25) is 9.59 Å². The molecule has 3 atom stereocenters. The van der Waals surface area contributed by atoms with Gasteiger partial charge in [0.1, 0.15) is 0 Å². The molecule has 2 rings (SSSR count). The molecule has 1 heterocycles. The summed E-state index contributed by atoms with van der Waals surface area (Å²) in [4.78, 5) is 24.4. The maximum atomic E-state index is 11.9. The molecule has 4 nitrogen and oxygen atoms in total. The van der Waals surface area contributed by atoms with Crippen LogP contribution in [-0.2, 0) is 9.59 Å². The molecule has 1 aliphatic heterocycles. The lowest BCUT2D eigenvalue weighted by atomic mass is 10.2. The van der Waals surface area contributed by atoms with Gasteiger partial charge in [0, 0.05) is 24.1 Å². The van der Waals surface area contributed by atoms with Crippen LogP contribution in [0.1, 0.15) is 13.3 Å². The number of carboxylic acid groups (broad SMARTS) is 1. The number of amides is 1. The van der Waals surface area contributed by atoms with Crippen LogP contribution in [0, 0.1) is 11.8 Å². The average molecular weight is 229 g/mol. The molecule has 84 valence electrons. The third kappa shape index (κ3) is 2.27. The molecule has 0 radical (unpaired) electrons. The highest BCUT2D eigenvalue weighted by Gasteiger charge is 2.50. The van der Waals surface area contributed by atoms with Crippen molar-refractivity contribution in [1.29, 1.82) is 0 Å². The van der Waals surface area contributed by atoms with Gasteiger partial charge >= 0.3 is 5.97 Å². The highest BCUT2D eigenvalue weighted by Crippen LogP contribution is 2.40. The van der Waals surface area contributed by atoms with E-state index in [9.17, 15) is 9.59 Å². The summed E-state index contributed by atoms with van der Waals surface area (Å²) in [5, 5.41) is 9.22. The Morgan fingerprint density at radius 3 is 2.67 bits per heavy atom. The summed E-state index contributed by atoms with van der Waals surface area (Å²) in [5.74, 6) is -0.459. The summed E-state index contributed by atoms with van der Waals surface area (Å²) in [5.41, 5.74) is 0. The normalized spacial score (nSPS) is 35.0. The van der Waals surface area contributed by atoms with E-state index in [0.29, 0.717) is 11.7 Å². The van der Waals surface area contributed by atoms with Gasteiger partial charge in [0.05, 0.1) is 11.8 Å². The lowest BCUT2D eigenvalue weighted by Crippen LogP contribution is -2.42. The van der Waals surface area contributed by atoms with E-state index < -0.39 is 11.9 Å². The maximum Gasteiger partial charge on any atom is 0.307 e. The predicted molar refractivity (Wildman–Crippen MR) is 57.7 cm³/mol. The lowest BCUT2D eigenvalue weighted by molar-refractivity contribution is -0.141. The SMILES string of the molecule is CC1CN(C(=O)[C@@H]2C[C@@H]2C(=O)O)CCS1. The molecule has 15 heavy (non-hydrogen) atoms. The van der Waals surface area contributed by atoms with E-state index >= 15 is 0 Å². The Bertz CT molecular complexity index is 294. The number of nitrogens with zero attached hydrogens (tertiary/aromatic N) is 1. The first-order valence-electron chi connectivity index (χ1n) is 5.23. The number of thioether (sulfide) groups is 1. The van der Waals surface area contributed by atoms with Crippen molar-refractivity contribution >= 4 is 23.6 Å². The van der Waals surface area contributed by atoms with Gasteiger partial charge in [-0.1, -0.05) is 6.92 Å². The topological polar surface area (TPSA) is 57.6 Å². The summed E-state index contributed by atoms with van der Waals surface area (Å²) in [6, 6.07) is 0. The van der Waals surface area contributed by atoms with Crippen LogP contribution in [0.4, 0.5) is 0 Å². The first kappa shape index (κ1) is 10.8. The van der Waals surface area contributed by atoms with Crippen LogP contribution in [-0.4, -0.2) is 46.0 Å². The second-order valence-electron chi connectivity index (χ2n) is 4.25. The molecular weight excluding hydrogens is 214 g/mol. The first-order chi connectivity index (χ1) is 7.09. The Morgan fingerprint density at radius 1 is 1.40 bits per heavy atom. The molecule has 2 aliphatic rings. The monoisotopic (exact) mass is 229 g/mol. The van der Waals surface area contributed by atoms with Crippen molar-refractivity contribution in [3.63, 3.8) is 0 Å². The van der Waals surface area contributed by atoms with Gasteiger partial charge in [0.2, 0.25) is 5.91 Å². The van der Waals surface area contributed by atoms with Crippen LogP contribution in [0.15, 0.2) is 0 Å². The second-order valence-corrected chi connectivity index (χ2v) is 5.80. The van der Waals surface area contributed by atoms with E-state index in [-0.39, 0.29) is 11.8 Å². The minimum atomic E-state index is -0.826. The van der Waals surface area contributed by atoms with Gasteiger partial charge in [0.25, 0.3) is 0 Å². The Morgan fingerprint density at radius 2 is 2.13 bits per heavy atom. The smallest absolute Gasteiger partial charge is 0.307 e. The third-order valence-electron chi connectivity index (χ3n) is 2.98. The van der Waals surface area contributed by atoms with E-state index in [0.717, 1.165) is 18.8 Å². The van der Waals surface area contributed by atoms with Gasteiger partial charge in [0.15, 0.2) is 0 Å². The standard InChI is InChI=1S/C10H15NO3S/c1-6-5-11(2-3-15-6)9(12)7-4-8(7)10(13)14/h6-8H,2-5H2,1H3,(H,13,14)/t6?,7-,8+/m1/s1. The molecule has 1 saturated carbocycles. The van der Waals surface area contributed by atoms with E-state index in [2.05, 4.69) is 6.92 Å². The largest absolute Gasteiger partial charge is 0.481 e. The predicted octanol–water partition coefficient (Wildman–Crippen LogP) is 0.671. The van der Waals surface area contributed by atoms with Crippen molar-refractivity contribution < 1.29 is 14.7 Å². The van der Waals surface area contributed by atoms with Gasteiger partial charge in [-0.25, -0.2) is 0 Å². The molecule has 5 heteroatoms. The van der Waals surface area contributed by atoms with Gasteiger partial charge < -0.3 is 10.0 Å². The Labute approximate surface area is 93.0 Å². The molecule has 1 aliphatic carbocycles. The molecule has 1 amide bonds. The summed E-state index contributed by atoms with van der Waals surface area (Å²) < 4.78 is 0. The van der Waals surface area contributed by atoms with Crippen LogP contribution in [0.5, 0.6) is 0 Å². The fraction of sp³-hybridized carbons (Fsp3) is 0.800. The van der Waals surface area contributed by atoms with Crippen LogP contribution in [0.2, 0.25) is 0 Å². The number of carboxylic acids is 1. The molecule has 0 aromatic heterocycles. The minimum absolute atomic E-state index is 0.0505. The van der Waals surface area contributed by atoms with Crippen LogP contribution in [0.25, 0.3) is 0 Å². The van der Waals surface area contributed by atoms with Crippen LogP contribution in [0.3, 0.4) is 0 Å². The molecule has 2 fully saturated rings. The van der Waals surface area contributed by atoms with Crippen LogP contribution < -0.4 is 0 Å². The quantitative estimate of drug-likeness (QED) is 0.756. The highest BCUT2D eigenvalue weighted by molar-refractivity contribution is 7.99. The van der Waals surface area contributed by atoms with E-state index in [4.69, 9.17) is 5.11 Å². The number of hydrogen-bond donors (Lipinski definition) is 1. The Kier molecular flexibility index (Phi) is 2.91. The average Bonchev–Trinajstić information content (AvgIpc) is 2.96. The minimum Gasteiger partial charge on any atom is -0.481 e. The van der Waals surface area contributed by atoms with Gasteiger partial charge in [-0.2, -0.15) is 11.8 Å². The van der Waals surface area contributed by atoms with Crippen molar-refractivity contribution in [1.82, 2.24) is 4.90 Å². The molecule has 0 aromatic carbocycles. The summed E-state index contributed by atoms with van der Waals surface area (Å²) in [6.45, 7) is 3.65. The van der Waals surface area contributed by atoms with E-state index in [1.807, 2.05) is 16.7 Å². The lowest BCUT2D eigenvalue weighted by Gasteiger charge is -2.30. The molecular formula is C10H15NO3S. The summed E-state index contributed by atoms with van der Waals surface area (Å²) in [7, 11) is 0. The van der Waals surface area contributed by atoms with Crippen molar-refractivity contribution in [2.75, 3.05) is 18.8 Å². The highest BCUT2D eigenvalue weighted by atomic mass is 32.2.